The second-order valence-corrected chi connectivity index (χ2v) is 8.09. The van der Waals surface area contributed by atoms with E-state index in [0.29, 0.717) is 17.9 Å². The monoisotopic (exact) mass is 367 g/mol. The zero-order chi connectivity index (χ0) is 18.4. The van der Waals surface area contributed by atoms with Crippen molar-refractivity contribution < 1.29 is 18.0 Å². The van der Waals surface area contributed by atoms with Gasteiger partial charge in [-0.05, 0) is 38.3 Å². The van der Waals surface area contributed by atoms with Gasteiger partial charge in [0.2, 0.25) is 10.0 Å². The summed E-state index contributed by atoms with van der Waals surface area (Å²) >= 11 is 0. The van der Waals surface area contributed by atoms with Crippen molar-refractivity contribution in [1.82, 2.24) is 14.9 Å². The van der Waals surface area contributed by atoms with Crippen molar-refractivity contribution in [2.75, 3.05) is 20.1 Å². The SMILES string of the molecule is CNC(=O)C(=O)NCCC1CCCCN1S(=O)(=O)c1ccc(C)cc1. The molecular formula is C17H25N3O4S. The van der Waals surface area contributed by atoms with E-state index < -0.39 is 21.8 Å². The summed E-state index contributed by atoms with van der Waals surface area (Å²) in [5.41, 5.74) is 1.01. The first-order valence-corrected chi connectivity index (χ1v) is 9.88. The Balaban J connectivity index is 2.05. The van der Waals surface area contributed by atoms with Crippen LogP contribution in [0.15, 0.2) is 29.2 Å². The molecule has 2 amide bonds. The van der Waals surface area contributed by atoms with Crippen LogP contribution in [0.25, 0.3) is 0 Å². The van der Waals surface area contributed by atoms with Gasteiger partial charge in [0.1, 0.15) is 0 Å². The molecule has 0 spiro atoms. The summed E-state index contributed by atoms with van der Waals surface area (Å²) in [6.07, 6.45) is 3.01. The smallest absolute Gasteiger partial charge is 0.309 e. The number of likely N-dealkylation sites (N-methyl/N-ethyl adjacent to an activating group) is 1. The Labute approximate surface area is 148 Å². The number of carbonyl (C=O) groups is 2. The predicted octanol–water partition coefficient (Wildman–Crippen LogP) is 0.791. The van der Waals surface area contributed by atoms with E-state index in [1.807, 2.05) is 6.92 Å². The van der Waals surface area contributed by atoms with Gasteiger partial charge in [-0.1, -0.05) is 24.1 Å². The number of amides is 2. The number of nitrogens with zero attached hydrogens (tertiary/aromatic N) is 1. The van der Waals surface area contributed by atoms with Crippen molar-refractivity contribution in [2.45, 2.75) is 43.5 Å². The molecule has 0 aliphatic carbocycles. The van der Waals surface area contributed by atoms with Crippen molar-refractivity contribution in [1.29, 1.82) is 0 Å². The van der Waals surface area contributed by atoms with Gasteiger partial charge >= 0.3 is 11.8 Å². The topological polar surface area (TPSA) is 95.6 Å². The first-order valence-electron chi connectivity index (χ1n) is 8.44. The van der Waals surface area contributed by atoms with Crippen LogP contribution in [0.1, 0.15) is 31.2 Å². The van der Waals surface area contributed by atoms with Crippen LogP contribution >= 0.6 is 0 Å². The molecule has 1 aromatic rings. The lowest BCUT2D eigenvalue weighted by Crippen LogP contribution is -2.46. The third-order valence-corrected chi connectivity index (χ3v) is 6.36. The average Bonchev–Trinajstić information content (AvgIpc) is 2.61. The van der Waals surface area contributed by atoms with Gasteiger partial charge in [0.05, 0.1) is 4.90 Å². The van der Waals surface area contributed by atoms with Gasteiger partial charge in [0.15, 0.2) is 0 Å². The number of sulfonamides is 1. The molecule has 1 saturated heterocycles. The molecule has 2 rings (SSSR count). The van der Waals surface area contributed by atoms with E-state index in [9.17, 15) is 18.0 Å². The zero-order valence-corrected chi connectivity index (χ0v) is 15.4. The van der Waals surface area contributed by atoms with E-state index in [0.717, 1.165) is 24.8 Å². The van der Waals surface area contributed by atoms with Crippen LogP contribution in [0.4, 0.5) is 0 Å². The molecule has 0 aromatic heterocycles. The fourth-order valence-electron chi connectivity index (χ4n) is 2.97. The molecule has 7 nitrogen and oxygen atoms in total. The molecule has 0 radical (unpaired) electrons. The summed E-state index contributed by atoms with van der Waals surface area (Å²) in [5.74, 6) is -1.40. The Morgan fingerprint density at radius 1 is 1.16 bits per heavy atom. The molecule has 1 unspecified atom stereocenters. The number of aryl methyl sites for hydroxylation is 1. The Morgan fingerprint density at radius 2 is 1.84 bits per heavy atom. The lowest BCUT2D eigenvalue weighted by atomic mass is 10.0. The van der Waals surface area contributed by atoms with Crippen LogP contribution in [0, 0.1) is 6.92 Å². The minimum Gasteiger partial charge on any atom is -0.351 e. The summed E-state index contributed by atoms with van der Waals surface area (Å²) in [4.78, 5) is 23.0. The summed E-state index contributed by atoms with van der Waals surface area (Å²) in [5, 5.41) is 4.78. The first kappa shape index (κ1) is 19.4. The standard InChI is InChI=1S/C17H25N3O4S/c1-13-6-8-15(9-7-13)25(23,24)20-12-4-3-5-14(20)10-11-19-17(22)16(21)18-2/h6-9,14H,3-5,10-12H2,1-2H3,(H,18,21)(H,19,22). The Kier molecular flexibility index (Phi) is 6.55. The molecule has 1 atom stereocenters. The molecule has 1 fully saturated rings. The number of hydrogen-bond donors (Lipinski definition) is 2. The second kappa shape index (κ2) is 8.44. The largest absolute Gasteiger partial charge is 0.351 e. The highest BCUT2D eigenvalue weighted by atomic mass is 32.2. The van der Waals surface area contributed by atoms with Gasteiger partial charge in [-0.15, -0.1) is 0 Å². The van der Waals surface area contributed by atoms with Gasteiger partial charge in [-0.2, -0.15) is 4.31 Å². The normalized spacial score (nSPS) is 18.6. The summed E-state index contributed by atoms with van der Waals surface area (Å²) < 4.78 is 27.4. The van der Waals surface area contributed by atoms with Gasteiger partial charge in [0, 0.05) is 26.2 Å². The molecular weight excluding hydrogens is 342 g/mol. The van der Waals surface area contributed by atoms with E-state index >= 15 is 0 Å². The van der Waals surface area contributed by atoms with Gasteiger partial charge in [-0.3, -0.25) is 9.59 Å². The van der Waals surface area contributed by atoms with Gasteiger partial charge in [-0.25, -0.2) is 8.42 Å². The van der Waals surface area contributed by atoms with E-state index in [1.165, 1.54) is 11.4 Å². The summed E-state index contributed by atoms with van der Waals surface area (Å²) in [6.45, 7) is 2.65. The van der Waals surface area contributed by atoms with Crippen LogP contribution in [-0.2, 0) is 19.6 Å². The molecule has 0 saturated carbocycles. The molecule has 1 aliphatic heterocycles. The van der Waals surface area contributed by atoms with E-state index in [2.05, 4.69) is 10.6 Å². The lowest BCUT2D eigenvalue weighted by Gasteiger charge is -2.34. The van der Waals surface area contributed by atoms with Crippen molar-refractivity contribution in [3.05, 3.63) is 29.8 Å². The van der Waals surface area contributed by atoms with Crippen LogP contribution in [0.5, 0.6) is 0 Å². The molecule has 8 heteroatoms. The van der Waals surface area contributed by atoms with Crippen molar-refractivity contribution in [2.24, 2.45) is 0 Å². The fraction of sp³-hybridized carbons (Fsp3) is 0.529. The molecule has 0 bridgehead atoms. The number of nitrogens with one attached hydrogen (secondary N) is 2. The van der Waals surface area contributed by atoms with E-state index in [4.69, 9.17) is 0 Å². The highest BCUT2D eigenvalue weighted by molar-refractivity contribution is 7.89. The van der Waals surface area contributed by atoms with Gasteiger partial charge < -0.3 is 10.6 Å². The molecule has 1 heterocycles. The highest BCUT2D eigenvalue weighted by Gasteiger charge is 2.33. The minimum atomic E-state index is -3.56. The number of rotatable bonds is 5. The maximum Gasteiger partial charge on any atom is 0.309 e. The average molecular weight is 367 g/mol. The predicted molar refractivity (Wildman–Crippen MR) is 94.4 cm³/mol. The first-order chi connectivity index (χ1) is 11.9. The Morgan fingerprint density at radius 3 is 2.48 bits per heavy atom. The Hall–Kier alpha value is -1.93. The Bertz CT molecular complexity index is 716. The molecule has 25 heavy (non-hydrogen) atoms. The minimum absolute atomic E-state index is 0.176. The molecule has 1 aromatic carbocycles. The van der Waals surface area contributed by atoms with E-state index in [1.54, 1.807) is 24.3 Å². The quantitative estimate of drug-likeness (QED) is 0.752. The second-order valence-electron chi connectivity index (χ2n) is 6.20. The van der Waals surface area contributed by atoms with E-state index in [-0.39, 0.29) is 12.6 Å². The van der Waals surface area contributed by atoms with Crippen molar-refractivity contribution in [3.8, 4) is 0 Å². The maximum absolute atomic E-state index is 12.9. The van der Waals surface area contributed by atoms with Crippen LogP contribution in [0.2, 0.25) is 0 Å². The number of piperidine rings is 1. The number of hydrogen-bond acceptors (Lipinski definition) is 4. The van der Waals surface area contributed by atoms with Gasteiger partial charge in [0.25, 0.3) is 0 Å². The summed E-state index contributed by atoms with van der Waals surface area (Å²) in [7, 11) is -2.17. The number of carbonyl (C=O) groups excluding carboxylic acids is 2. The molecule has 138 valence electrons. The number of benzene rings is 1. The molecule has 2 N–H and O–H groups in total. The fourth-order valence-corrected chi connectivity index (χ4v) is 4.69. The maximum atomic E-state index is 12.9. The zero-order valence-electron chi connectivity index (χ0n) is 14.6. The van der Waals surface area contributed by atoms with Crippen LogP contribution in [-0.4, -0.2) is 50.7 Å². The lowest BCUT2D eigenvalue weighted by molar-refractivity contribution is -0.138. The van der Waals surface area contributed by atoms with Crippen LogP contribution in [0.3, 0.4) is 0 Å². The third-order valence-electron chi connectivity index (χ3n) is 4.40. The van der Waals surface area contributed by atoms with Crippen molar-refractivity contribution >= 4 is 21.8 Å². The third kappa shape index (κ3) is 4.79. The van der Waals surface area contributed by atoms with Crippen LogP contribution < -0.4 is 10.6 Å². The summed E-state index contributed by atoms with van der Waals surface area (Å²) in [6, 6.07) is 6.66. The van der Waals surface area contributed by atoms with Crippen molar-refractivity contribution in [3.63, 3.8) is 0 Å². The highest BCUT2D eigenvalue weighted by Crippen LogP contribution is 2.27. The molecule has 1 aliphatic rings.